The molecule has 1 heterocycles. The highest BCUT2D eigenvalue weighted by atomic mass is 16.6. The zero-order valence-electron chi connectivity index (χ0n) is 32.9. The Morgan fingerprint density at radius 3 is 2.00 bits per heavy atom. The van der Waals surface area contributed by atoms with Crippen LogP contribution in [0.1, 0.15) is 153 Å². The maximum Gasteiger partial charge on any atom is 0.410 e. The summed E-state index contributed by atoms with van der Waals surface area (Å²) in [5, 5.41) is 34.3. The van der Waals surface area contributed by atoms with Crippen molar-refractivity contribution in [1.82, 2.24) is 4.90 Å². The van der Waals surface area contributed by atoms with Crippen molar-refractivity contribution in [2.45, 2.75) is 182 Å². The predicted molar refractivity (Wildman–Crippen MR) is 192 cm³/mol. The van der Waals surface area contributed by atoms with Gasteiger partial charge in [0.15, 0.2) is 0 Å². The Morgan fingerprint density at radius 1 is 0.796 bits per heavy atom. The number of carbonyl (C=O) groups excluding carboxylic acids is 2. The number of nitrogens with zero attached hydrogens (tertiary/aromatic N) is 1. The van der Waals surface area contributed by atoms with Gasteiger partial charge >= 0.3 is 12.1 Å². The average molecular weight is 690 g/mol. The van der Waals surface area contributed by atoms with Gasteiger partial charge in [-0.25, -0.2) is 4.79 Å². The van der Waals surface area contributed by atoms with Crippen LogP contribution in [-0.4, -0.2) is 74.4 Å². The lowest BCUT2D eigenvalue weighted by atomic mass is 9.35. The molecule has 0 unspecified atom stereocenters. The van der Waals surface area contributed by atoms with E-state index in [2.05, 4.69) is 34.6 Å². The van der Waals surface area contributed by atoms with Crippen molar-refractivity contribution in [2.75, 3.05) is 13.1 Å². The quantitative estimate of drug-likeness (QED) is 0.233. The van der Waals surface area contributed by atoms with E-state index in [1.165, 1.54) is 0 Å². The van der Waals surface area contributed by atoms with E-state index >= 15 is 0 Å². The lowest BCUT2D eigenvalue weighted by Crippen LogP contribution is -2.66. The molecule has 5 fully saturated rings. The Kier molecular flexibility index (Phi) is 10.3. The van der Waals surface area contributed by atoms with E-state index in [1.807, 2.05) is 41.5 Å². The second kappa shape index (κ2) is 12.9. The molecule has 0 spiro atoms. The molecule has 5 aliphatic rings. The first-order valence-electron chi connectivity index (χ1n) is 19.7. The number of carbonyl (C=O) groups is 2. The van der Waals surface area contributed by atoms with E-state index < -0.39 is 22.9 Å². The molecule has 4 aliphatic carbocycles. The molecule has 0 aromatic rings. The van der Waals surface area contributed by atoms with Crippen LogP contribution in [-0.2, 0) is 14.3 Å². The van der Waals surface area contributed by atoms with Gasteiger partial charge < -0.3 is 29.7 Å². The smallest absolute Gasteiger partial charge is 0.410 e. The molecule has 282 valence electrons. The Morgan fingerprint density at radius 2 is 1.41 bits per heavy atom. The zero-order valence-corrected chi connectivity index (χ0v) is 32.9. The number of amides is 1. The van der Waals surface area contributed by atoms with E-state index in [9.17, 15) is 24.9 Å². The number of ether oxygens (including phenoxy) is 2. The minimum absolute atomic E-state index is 0.0143. The van der Waals surface area contributed by atoms with Crippen molar-refractivity contribution in [1.29, 1.82) is 0 Å². The lowest BCUT2D eigenvalue weighted by Gasteiger charge is -2.70. The first-order valence-corrected chi connectivity index (χ1v) is 19.7. The molecule has 0 radical (unpaired) electrons. The maximum absolute atomic E-state index is 13.6. The molecular weight excluding hydrogens is 618 g/mol. The lowest BCUT2D eigenvalue weighted by molar-refractivity contribution is -0.250. The largest absolute Gasteiger partial charge is 0.462 e. The SMILES string of the molecule is CC(C)(O)CCC[C@@](C)(O)[C@H]1CC[C@]2(C)[C@@H]1[C@H](O)C[C@@H]1[C@@]3(C)CC[C@H](OC(=O)C4CCN(C(=O)OC(C)(C)C)CC4)C(C)(C)[C@@H]3CC[C@]12C. The summed E-state index contributed by atoms with van der Waals surface area (Å²) in [4.78, 5) is 27.9. The second-order valence-corrected chi connectivity index (χ2v) is 20.5. The van der Waals surface area contributed by atoms with E-state index in [4.69, 9.17) is 9.47 Å². The van der Waals surface area contributed by atoms with Crippen molar-refractivity contribution >= 4 is 12.1 Å². The van der Waals surface area contributed by atoms with Crippen LogP contribution in [0.5, 0.6) is 0 Å². The summed E-state index contributed by atoms with van der Waals surface area (Å²) in [6.45, 7) is 24.3. The zero-order chi connectivity index (χ0) is 36.6. The Labute approximate surface area is 297 Å². The van der Waals surface area contributed by atoms with Crippen LogP contribution in [0.3, 0.4) is 0 Å². The minimum atomic E-state index is -0.880. The number of rotatable bonds is 7. The molecule has 5 rings (SSSR count). The molecule has 0 aromatic carbocycles. The van der Waals surface area contributed by atoms with Crippen molar-refractivity contribution < 1.29 is 34.4 Å². The summed E-state index contributed by atoms with van der Waals surface area (Å²) in [6, 6.07) is 0. The molecule has 10 atom stereocenters. The first-order chi connectivity index (χ1) is 22.4. The van der Waals surface area contributed by atoms with Crippen LogP contribution in [0.25, 0.3) is 0 Å². The second-order valence-electron chi connectivity index (χ2n) is 20.5. The number of esters is 1. The van der Waals surface area contributed by atoms with Gasteiger partial charge in [-0.1, -0.05) is 34.6 Å². The van der Waals surface area contributed by atoms with Crippen molar-refractivity contribution in [3.8, 4) is 0 Å². The van der Waals surface area contributed by atoms with Crippen molar-refractivity contribution in [3.05, 3.63) is 0 Å². The number of hydrogen-bond acceptors (Lipinski definition) is 7. The molecule has 3 N–H and O–H groups in total. The monoisotopic (exact) mass is 690 g/mol. The van der Waals surface area contributed by atoms with Gasteiger partial charge in [-0.3, -0.25) is 4.79 Å². The van der Waals surface area contributed by atoms with Crippen molar-refractivity contribution in [3.63, 3.8) is 0 Å². The van der Waals surface area contributed by atoms with E-state index in [1.54, 1.807) is 4.90 Å². The third-order valence-corrected chi connectivity index (χ3v) is 15.3. The molecular formula is C41H71NO7. The van der Waals surface area contributed by atoms with E-state index in [0.29, 0.717) is 50.6 Å². The third-order valence-electron chi connectivity index (χ3n) is 15.3. The fourth-order valence-corrected chi connectivity index (χ4v) is 12.6. The number of likely N-dealkylation sites (tertiary alicyclic amines) is 1. The molecule has 1 saturated heterocycles. The van der Waals surface area contributed by atoms with E-state index in [0.717, 1.165) is 51.4 Å². The number of fused-ring (bicyclic) bond motifs is 5. The van der Waals surface area contributed by atoms with Crippen molar-refractivity contribution in [2.24, 2.45) is 51.2 Å². The Bertz CT molecular complexity index is 1230. The van der Waals surface area contributed by atoms with Gasteiger partial charge in [-0.15, -0.1) is 0 Å². The van der Waals surface area contributed by atoms with Crippen LogP contribution < -0.4 is 0 Å². The minimum Gasteiger partial charge on any atom is -0.462 e. The van der Waals surface area contributed by atoms with Gasteiger partial charge in [0, 0.05) is 18.5 Å². The molecule has 1 aliphatic heterocycles. The molecule has 0 bridgehead atoms. The standard InChI is InChI=1S/C41H71NO7/c1-35(2,3)49-34(45)42-23-16-26(17-24-42)33(44)48-31-15-20-38(8)29(37(31,6)7)14-22-39(9)30(38)25-28(43)32-27(13-21-40(32,39)10)41(11,47)19-12-18-36(4,5)46/h26-32,43,46-47H,12-25H2,1-11H3/t27-,28+,29-,30+,31-,32-,38-,39+,40+,41+/m0/s1. The van der Waals surface area contributed by atoms with Gasteiger partial charge in [0.25, 0.3) is 0 Å². The first kappa shape index (κ1) is 38.8. The molecule has 4 saturated carbocycles. The summed E-state index contributed by atoms with van der Waals surface area (Å²) in [5.74, 6) is 0.486. The number of aliphatic hydroxyl groups excluding tert-OH is 1. The van der Waals surface area contributed by atoms with Crippen LogP contribution in [0.15, 0.2) is 0 Å². The summed E-state index contributed by atoms with van der Waals surface area (Å²) in [5.41, 5.74) is -2.39. The summed E-state index contributed by atoms with van der Waals surface area (Å²) in [7, 11) is 0. The number of aliphatic hydroxyl groups is 3. The normalized spacial score (nSPS) is 40.8. The van der Waals surface area contributed by atoms with Gasteiger partial charge in [0.05, 0.1) is 23.2 Å². The number of hydrogen-bond donors (Lipinski definition) is 3. The molecule has 49 heavy (non-hydrogen) atoms. The summed E-state index contributed by atoms with van der Waals surface area (Å²) in [6.07, 6.45) is 8.97. The maximum atomic E-state index is 13.6. The van der Waals surface area contributed by atoms with E-state index in [-0.39, 0.29) is 57.6 Å². The highest BCUT2D eigenvalue weighted by Crippen LogP contribution is 2.76. The predicted octanol–water partition coefficient (Wildman–Crippen LogP) is 7.89. The molecule has 8 heteroatoms. The fraction of sp³-hybridized carbons (Fsp3) is 0.951. The van der Waals surface area contributed by atoms with Crippen LogP contribution in [0, 0.1) is 51.2 Å². The highest BCUT2D eigenvalue weighted by Gasteiger charge is 2.71. The van der Waals surface area contributed by atoms with Gasteiger partial charge in [-0.05, 0) is 159 Å². The fourth-order valence-electron chi connectivity index (χ4n) is 12.6. The van der Waals surface area contributed by atoms with Gasteiger partial charge in [0.1, 0.15) is 11.7 Å². The molecule has 1 amide bonds. The molecule has 0 aromatic heterocycles. The number of piperidine rings is 1. The summed E-state index contributed by atoms with van der Waals surface area (Å²) < 4.78 is 12.0. The average Bonchev–Trinajstić information content (AvgIpc) is 3.35. The van der Waals surface area contributed by atoms with Gasteiger partial charge in [0.2, 0.25) is 0 Å². The topological polar surface area (TPSA) is 117 Å². The summed E-state index contributed by atoms with van der Waals surface area (Å²) >= 11 is 0. The van der Waals surface area contributed by atoms with Crippen LogP contribution in [0.2, 0.25) is 0 Å². The highest BCUT2D eigenvalue weighted by molar-refractivity contribution is 5.74. The molecule has 8 nitrogen and oxygen atoms in total. The van der Waals surface area contributed by atoms with Gasteiger partial charge in [-0.2, -0.15) is 0 Å². The Hall–Kier alpha value is -1.38. The Balaban J connectivity index is 1.26. The third kappa shape index (κ3) is 7.06. The van der Waals surface area contributed by atoms with Crippen LogP contribution in [0.4, 0.5) is 4.79 Å². The van der Waals surface area contributed by atoms with Crippen LogP contribution >= 0.6 is 0 Å².